The van der Waals surface area contributed by atoms with E-state index >= 15 is 0 Å². The predicted octanol–water partition coefficient (Wildman–Crippen LogP) is -0.171. The number of anilines is 1. The highest BCUT2D eigenvalue weighted by Gasteiger charge is 2.40. The first-order chi connectivity index (χ1) is 11.8. The van der Waals surface area contributed by atoms with Crippen molar-refractivity contribution in [2.75, 3.05) is 58.3 Å². The van der Waals surface area contributed by atoms with Gasteiger partial charge in [-0.25, -0.2) is 9.97 Å². The van der Waals surface area contributed by atoms with Crippen molar-refractivity contribution in [1.29, 1.82) is 0 Å². The van der Waals surface area contributed by atoms with E-state index in [1.165, 1.54) is 0 Å². The lowest BCUT2D eigenvalue weighted by Crippen LogP contribution is -2.56. The van der Waals surface area contributed by atoms with Crippen LogP contribution in [0.15, 0.2) is 18.5 Å². The lowest BCUT2D eigenvalue weighted by atomic mass is 9.90. The molecule has 2 rings (SSSR count). The molecule has 0 aliphatic carbocycles. The second-order valence-corrected chi connectivity index (χ2v) is 7.01. The minimum atomic E-state index is -1.07. The monoisotopic (exact) mass is 348 g/mol. The van der Waals surface area contributed by atoms with Gasteiger partial charge in [-0.05, 0) is 34.0 Å². The largest absolute Gasteiger partial charge is 0.354 e. The number of carbonyl (C=O) groups is 2. The molecule has 0 radical (unpaired) electrons. The zero-order chi connectivity index (χ0) is 18.4. The van der Waals surface area contributed by atoms with Gasteiger partial charge < -0.3 is 20.0 Å². The van der Waals surface area contributed by atoms with Crippen LogP contribution in [-0.4, -0.2) is 84.9 Å². The summed E-state index contributed by atoms with van der Waals surface area (Å²) in [6, 6.07) is 1.78. The molecule has 0 atom stereocenters. The third kappa shape index (κ3) is 4.88. The molecule has 2 amide bonds. The second kappa shape index (κ2) is 8.24. The van der Waals surface area contributed by atoms with Crippen molar-refractivity contribution in [3.05, 3.63) is 18.5 Å². The molecule has 1 aromatic heterocycles. The average molecular weight is 348 g/mol. The summed E-state index contributed by atoms with van der Waals surface area (Å²) in [6.45, 7) is 7.09. The molecule has 0 bridgehead atoms. The Labute approximate surface area is 149 Å². The number of amides is 2. The Bertz CT molecular complexity index is 582. The van der Waals surface area contributed by atoms with Crippen LogP contribution < -0.4 is 10.2 Å². The molecule has 1 N–H and O–H groups in total. The molecule has 1 aliphatic heterocycles. The van der Waals surface area contributed by atoms with Crippen LogP contribution in [0.4, 0.5) is 5.95 Å². The second-order valence-electron chi connectivity index (χ2n) is 7.01. The number of aromatic nitrogens is 2. The maximum atomic E-state index is 12.8. The summed E-state index contributed by atoms with van der Waals surface area (Å²) in [6.07, 6.45) is 3.42. The van der Waals surface area contributed by atoms with Crippen LogP contribution in [0, 0.1) is 5.41 Å². The number of nitrogens with zero attached hydrogens (tertiary/aromatic N) is 5. The highest BCUT2D eigenvalue weighted by Crippen LogP contribution is 2.21. The Morgan fingerprint density at radius 2 is 1.76 bits per heavy atom. The average Bonchev–Trinajstić information content (AvgIpc) is 2.61. The van der Waals surface area contributed by atoms with Crippen LogP contribution in [0.25, 0.3) is 0 Å². The summed E-state index contributed by atoms with van der Waals surface area (Å²) in [4.78, 5) is 39.5. The van der Waals surface area contributed by atoms with Gasteiger partial charge in [-0.3, -0.25) is 9.59 Å². The number of piperazine rings is 1. The van der Waals surface area contributed by atoms with Crippen LogP contribution in [0.1, 0.15) is 13.8 Å². The Kier molecular flexibility index (Phi) is 6.30. The molecular weight excluding hydrogens is 320 g/mol. The molecule has 8 nitrogen and oxygen atoms in total. The quantitative estimate of drug-likeness (QED) is 0.719. The summed E-state index contributed by atoms with van der Waals surface area (Å²) < 4.78 is 0. The Hall–Kier alpha value is -2.22. The molecule has 1 aliphatic rings. The predicted molar refractivity (Wildman–Crippen MR) is 96.2 cm³/mol. The molecule has 1 fully saturated rings. The minimum Gasteiger partial charge on any atom is -0.354 e. The van der Waals surface area contributed by atoms with Crippen LogP contribution in [-0.2, 0) is 9.59 Å². The minimum absolute atomic E-state index is 0.136. The highest BCUT2D eigenvalue weighted by atomic mass is 16.2. The van der Waals surface area contributed by atoms with E-state index in [1.54, 1.807) is 37.2 Å². The summed E-state index contributed by atoms with van der Waals surface area (Å²) in [5.41, 5.74) is -1.07. The van der Waals surface area contributed by atoms with Gasteiger partial charge in [-0.2, -0.15) is 0 Å². The van der Waals surface area contributed by atoms with Gasteiger partial charge in [0.05, 0.1) is 0 Å². The van der Waals surface area contributed by atoms with Gasteiger partial charge in [0.1, 0.15) is 5.41 Å². The number of likely N-dealkylation sites (N-methyl/N-ethyl adjacent to an activating group) is 1. The molecular formula is C17H28N6O2. The van der Waals surface area contributed by atoms with Gasteiger partial charge in [-0.15, -0.1) is 0 Å². The van der Waals surface area contributed by atoms with Gasteiger partial charge in [-0.1, -0.05) is 0 Å². The molecule has 1 aromatic rings. The molecule has 0 saturated carbocycles. The van der Waals surface area contributed by atoms with Crippen molar-refractivity contribution in [2.24, 2.45) is 5.41 Å². The zero-order valence-corrected chi connectivity index (χ0v) is 15.5. The van der Waals surface area contributed by atoms with Crippen LogP contribution in [0.5, 0.6) is 0 Å². The van der Waals surface area contributed by atoms with E-state index in [0.29, 0.717) is 38.7 Å². The normalized spacial score (nSPS) is 15.4. The SMILES string of the molecule is CN(C)CCNC(=O)C(C)(C)C(=O)N1CCN(c2ncccn2)CC1. The number of hydrogen-bond donors (Lipinski definition) is 1. The summed E-state index contributed by atoms with van der Waals surface area (Å²) in [7, 11) is 3.89. The van der Waals surface area contributed by atoms with Crippen molar-refractivity contribution in [3.63, 3.8) is 0 Å². The number of hydrogen-bond acceptors (Lipinski definition) is 6. The van der Waals surface area contributed by atoms with Crippen molar-refractivity contribution >= 4 is 17.8 Å². The highest BCUT2D eigenvalue weighted by molar-refractivity contribution is 6.04. The van der Waals surface area contributed by atoms with Gasteiger partial charge in [0, 0.05) is 51.7 Å². The van der Waals surface area contributed by atoms with Crippen molar-refractivity contribution < 1.29 is 9.59 Å². The zero-order valence-electron chi connectivity index (χ0n) is 15.5. The van der Waals surface area contributed by atoms with Crippen molar-refractivity contribution in [2.45, 2.75) is 13.8 Å². The van der Waals surface area contributed by atoms with Crippen LogP contribution >= 0.6 is 0 Å². The first-order valence-electron chi connectivity index (χ1n) is 8.56. The lowest BCUT2D eigenvalue weighted by Gasteiger charge is -2.38. The van der Waals surface area contributed by atoms with Crippen LogP contribution in [0.2, 0.25) is 0 Å². The molecule has 1 saturated heterocycles. The van der Waals surface area contributed by atoms with E-state index in [-0.39, 0.29) is 11.8 Å². The molecule has 0 spiro atoms. The number of rotatable bonds is 6. The van der Waals surface area contributed by atoms with E-state index in [4.69, 9.17) is 0 Å². The third-order valence-corrected chi connectivity index (χ3v) is 4.35. The molecule has 138 valence electrons. The number of nitrogens with one attached hydrogen (secondary N) is 1. The third-order valence-electron chi connectivity index (χ3n) is 4.35. The standard InChI is InChI=1S/C17H28N6O2/c1-17(2,14(24)18-8-9-21(3)4)15(25)22-10-12-23(13-11-22)16-19-6-5-7-20-16/h5-7H,8-13H2,1-4H3,(H,18,24). The first kappa shape index (κ1) is 19.1. The molecule has 2 heterocycles. The fraction of sp³-hybridized carbons (Fsp3) is 0.647. The summed E-state index contributed by atoms with van der Waals surface area (Å²) in [5.74, 6) is 0.312. The lowest BCUT2D eigenvalue weighted by molar-refractivity contribution is -0.148. The molecule has 0 aromatic carbocycles. The Morgan fingerprint density at radius 1 is 1.16 bits per heavy atom. The van der Waals surface area contributed by atoms with Crippen LogP contribution in [0.3, 0.4) is 0 Å². The Balaban J connectivity index is 1.88. The first-order valence-corrected chi connectivity index (χ1v) is 8.56. The topological polar surface area (TPSA) is 81.7 Å². The van der Waals surface area contributed by atoms with Crippen molar-refractivity contribution in [1.82, 2.24) is 25.1 Å². The van der Waals surface area contributed by atoms with E-state index < -0.39 is 5.41 Å². The summed E-state index contributed by atoms with van der Waals surface area (Å²) >= 11 is 0. The van der Waals surface area contributed by atoms with Gasteiger partial charge in [0.2, 0.25) is 17.8 Å². The molecule has 0 unspecified atom stereocenters. The van der Waals surface area contributed by atoms with Gasteiger partial charge in [0.25, 0.3) is 0 Å². The molecule has 8 heteroatoms. The van der Waals surface area contributed by atoms with E-state index in [2.05, 4.69) is 15.3 Å². The fourth-order valence-electron chi connectivity index (χ4n) is 2.67. The van der Waals surface area contributed by atoms with Gasteiger partial charge in [0.15, 0.2) is 0 Å². The fourth-order valence-corrected chi connectivity index (χ4v) is 2.67. The molecule has 25 heavy (non-hydrogen) atoms. The van der Waals surface area contributed by atoms with Gasteiger partial charge >= 0.3 is 0 Å². The number of carbonyl (C=O) groups excluding carboxylic acids is 2. The van der Waals surface area contributed by atoms with E-state index in [9.17, 15) is 9.59 Å². The smallest absolute Gasteiger partial charge is 0.237 e. The summed E-state index contributed by atoms with van der Waals surface area (Å²) in [5, 5.41) is 2.85. The maximum absolute atomic E-state index is 12.8. The maximum Gasteiger partial charge on any atom is 0.237 e. The van der Waals surface area contributed by atoms with E-state index in [1.807, 2.05) is 23.9 Å². The Morgan fingerprint density at radius 3 is 2.32 bits per heavy atom. The van der Waals surface area contributed by atoms with Crippen molar-refractivity contribution in [3.8, 4) is 0 Å². The van der Waals surface area contributed by atoms with E-state index in [0.717, 1.165) is 6.54 Å².